The van der Waals surface area contributed by atoms with Gasteiger partial charge in [-0.25, -0.2) is 9.59 Å². The highest BCUT2D eigenvalue weighted by atomic mass is 16.6. The number of benzene rings is 3. The highest BCUT2D eigenvalue weighted by molar-refractivity contribution is 5.97. The minimum atomic E-state index is -2.52. The predicted octanol–water partition coefficient (Wildman–Crippen LogP) is 3.27. The first kappa shape index (κ1) is 43.1. The molecule has 0 aromatic heterocycles. The zero-order valence-corrected chi connectivity index (χ0v) is 33.9. The van der Waals surface area contributed by atoms with E-state index in [1.54, 1.807) is 78.9 Å². The van der Waals surface area contributed by atoms with Crippen molar-refractivity contribution in [2.45, 2.75) is 94.4 Å². The van der Waals surface area contributed by atoms with E-state index < -0.39 is 107 Å². The Balaban J connectivity index is 1.36. The van der Waals surface area contributed by atoms with Crippen LogP contribution in [0, 0.1) is 11.3 Å². The van der Waals surface area contributed by atoms with E-state index in [0.29, 0.717) is 5.56 Å². The number of Topliss-reactive ketones (excluding diaryl/α,β-unsaturated/α-hetero) is 1. The maximum atomic E-state index is 15.3. The van der Waals surface area contributed by atoms with Gasteiger partial charge in [0.15, 0.2) is 23.6 Å². The standard InChI is InChI=1S/C46H47NO14/c1-24-31(59-43(55)36(51)35(28-15-9-6-10-16-28)47-41(53)29-17-11-7-12-18-29)22-45(56)25(2)34(24)37(58-26(3)48)39(52)44(5)32(50)21-33-46(23-57-33,61-27(4)49)38(44)40(45)60-42(54)30-19-13-8-14-20-30/h6-20,31-33,35-38,40,50-51,56H,2,21-23H2,1,3-5H3,(H,47,53)/t31-,32-,33+,35-,36+,37+,38-,40-,44+,45-,46-/m0/s1. The van der Waals surface area contributed by atoms with Crippen molar-refractivity contribution >= 4 is 35.6 Å². The second kappa shape index (κ2) is 16.5. The minimum absolute atomic E-state index is 0.0438. The lowest BCUT2D eigenvalue weighted by atomic mass is 9.47. The van der Waals surface area contributed by atoms with E-state index in [0.717, 1.165) is 13.8 Å². The quantitative estimate of drug-likeness (QED) is 0.170. The second-order valence-electron chi connectivity index (χ2n) is 16.2. The van der Waals surface area contributed by atoms with Crippen LogP contribution in [-0.2, 0) is 42.9 Å². The lowest BCUT2D eigenvalue weighted by Gasteiger charge is -2.65. The molecule has 3 aromatic carbocycles. The third-order valence-electron chi connectivity index (χ3n) is 12.6. The van der Waals surface area contributed by atoms with Crippen molar-refractivity contribution in [2.24, 2.45) is 11.3 Å². The first-order valence-electron chi connectivity index (χ1n) is 19.8. The summed E-state index contributed by atoms with van der Waals surface area (Å²) in [6.07, 6.45) is -10.8. The molecule has 4 aliphatic rings. The molecule has 11 atom stereocenters. The van der Waals surface area contributed by atoms with Crippen LogP contribution < -0.4 is 5.32 Å². The zero-order chi connectivity index (χ0) is 44.0. The third kappa shape index (κ3) is 7.45. The molecule has 4 N–H and O–H groups in total. The SMILES string of the molecule is C=C1C2=C(C)[C@@H](OC(=O)[C@H](O)[C@@H](NC(=O)c3ccccc3)c3ccccc3)C[C@@]1(O)[C@@H](OC(=O)c1ccccc1)[C@@H]1[C@]3(OC(C)=O)CO[C@@H]3C[C@H](O)[C@@]1(C)C(=O)[C@@H]2OC(C)=O. The van der Waals surface area contributed by atoms with Gasteiger partial charge in [0.2, 0.25) is 0 Å². The Hall–Kier alpha value is -6.00. The molecule has 15 heteroatoms. The summed E-state index contributed by atoms with van der Waals surface area (Å²) >= 11 is 0. The van der Waals surface area contributed by atoms with E-state index in [4.69, 9.17) is 23.7 Å². The number of carbonyl (C=O) groups is 6. The summed E-state index contributed by atoms with van der Waals surface area (Å²) in [5, 5.41) is 39.7. The Morgan fingerprint density at radius 1 is 0.869 bits per heavy atom. The van der Waals surface area contributed by atoms with Crippen molar-refractivity contribution in [3.8, 4) is 0 Å². The molecule has 1 saturated heterocycles. The molecule has 7 rings (SSSR count). The summed E-state index contributed by atoms with van der Waals surface area (Å²) in [4.78, 5) is 82.8. The van der Waals surface area contributed by atoms with Gasteiger partial charge in [-0.05, 0) is 54.8 Å². The predicted molar refractivity (Wildman–Crippen MR) is 213 cm³/mol. The Labute approximate surface area is 351 Å². The van der Waals surface area contributed by atoms with E-state index in [1.807, 2.05) is 0 Å². The Morgan fingerprint density at radius 3 is 2.02 bits per heavy atom. The van der Waals surface area contributed by atoms with E-state index in [9.17, 15) is 39.3 Å². The zero-order valence-electron chi connectivity index (χ0n) is 33.9. The van der Waals surface area contributed by atoms with Crippen molar-refractivity contribution in [3.63, 3.8) is 0 Å². The summed E-state index contributed by atoms with van der Waals surface area (Å²) in [7, 11) is 0. The number of aliphatic hydroxyl groups excluding tert-OH is 2. The third-order valence-corrected chi connectivity index (χ3v) is 12.6. The molecule has 2 bridgehead atoms. The van der Waals surface area contributed by atoms with Gasteiger partial charge in [0.05, 0.1) is 35.6 Å². The lowest BCUT2D eigenvalue weighted by molar-refractivity contribution is -0.338. The number of rotatable bonds is 10. The molecule has 3 aromatic rings. The van der Waals surface area contributed by atoms with Crippen molar-refractivity contribution in [1.82, 2.24) is 5.32 Å². The number of aliphatic hydroxyl groups is 3. The van der Waals surface area contributed by atoms with Gasteiger partial charge >= 0.3 is 23.9 Å². The molecule has 0 spiro atoms. The molecule has 1 heterocycles. The van der Waals surface area contributed by atoms with E-state index >= 15 is 4.79 Å². The second-order valence-corrected chi connectivity index (χ2v) is 16.2. The van der Waals surface area contributed by atoms with Gasteiger partial charge in [-0.15, -0.1) is 0 Å². The molecule has 0 unspecified atom stereocenters. The van der Waals surface area contributed by atoms with Gasteiger partial charge in [-0.2, -0.15) is 0 Å². The highest BCUT2D eigenvalue weighted by Crippen LogP contribution is 2.62. The summed E-state index contributed by atoms with van der Waals surface area (Å²) in [6.45, 7) is 8.85. The Morgan fingerprint density at radius 2 is 1.46 bits per heavy atom. The van der Waals surface area contributed by atoms with Crippen LogP contribution >= 0.6 is 0 Å². The summed E-state index contributed by atoms with van der Waals surface area (Å²) in [5.74, 6) is -7.06. The van der Waals surface area contributed by atoms with Crippen molar-refractivity contribution in [1.29, 1.82) is 0 Å². The summed E-state index contributed by atoms with van der Waals surface area (Å²) in [5.41, 5.74) is -6.07. The van der Waals surface area contributed by atoms with Gasteiger partial charge < -0.3 is 44.3 Å². The van der Waals surface area contributed by atoms with Crippen LogP contribution in [0.15, 0.2) is 114 Å². The number of ether oxygens (including phenoxy) is 5. The van der Waals surface area contributed by atoms with Crippen LogP contribution in [0.4, 0.5) is 0 Å². The van der Waals surface area contributed by atoms with Gasteiger partial charge in [0.25, 0.3) is 5.91 Å². The molecule has 3 aliphatic carbocycles. The minimum Gasteiger partial charge on any atom is -0.456 e. The smallest absolute Gasteiger partial charge is 0.338 e. The number of hydrogen-bond acceptors (Lipinski definition) is 14. The van der Waals surface area contributed by atoms with Crippen molar-refractivity contribution in [2.75, 3.05) is 6.61 Å². The van der Waals surface area contributed by atoms with Gasteiger partial charge in [0.1, 0.15) is 23.9 Å². The monoisotopic (exact) mass is 837 g/mol. The number of esters is 4. The molecular formula is C46H47NO14. The first-order chi connectivity index (χ1) is 28.9. The van der Waals surface area contributed by atoms with Crippen molar-refractivity contribution in [3.05, 3.63) is 131 Å². The maximum absolute atomic E-state index is 15.3. The summed E-state index contributed by atoms with van der Waals surface area (Å²) < 4.78 is 29.8. The van der Waals surface area contributed by atoms with E-state index in [2.05, 4.69) is 11.9 Å². The van der Waals surface area contributed by atoms with E-state index in [-0.39, 0.29) is 40.9 Å². The normalized spacial score (nSPS) is 31.3. The highest BCUT2D eigenvalue weighted by Gasteiger charge is 2.76. The van der Waals surface area contributed by atoms with Gasteiger partial charge in [0, 0.05) is 37.8 Å². The molecule has 1 amide bonds. The van der Waals surface area contributed by atoms with Crippen LogP contribution in [0.3, 0.4) is 0 Å². The number of amides is 1. The van der Waals surface area contributed by atoms with Crippen LogP contribution in [0.5, 0.6) is 0 Å². The molecule has 320 valence electrons. The largest absolute Gasteiger partial charge is 0.456 e. The van der Waals surface area contributed by atoms with Crippen LogP contribution in [0.1, 0.15) is 72.9 Å². The fraction of sp³-hybridized carbons (Fsp3) is 0.391. The molecule has 3 fully saturated rings. The lowest BCUT2D eigenvalue weighted by Crippen LogP contribution is -2.80. The Kier molecular flexibility index (Phi) is 11.6. The van der Waals surface area contributed by atoms with Crippen molar-refractivity contribution < 1.29 is 67.8 Å². The number of nitrogens with one attached hydrogen (secondary N) is 1. The summed E-state index contributed by atoms with van der Waals surface area (Å²) in [6, 6.07) is 22.7. The molecule has 1 aliphatic heterocycles. The number of fused-ring (bicyclic) bond motifs is 5. The number of ketones is 1. The fourth-order valence-corrected chi connectivity index (χ4v) is 9.44. The number of hydrogen-bond donors (Lipinski definition) is 4. The molecule has 61 heavy (non-hydrogen) atoms. The van der Waals surface area contributed by atoms with Crippen LogP contribution in [0.25, 0.3) is 0 Å². The molecule has 15 nitrogen and oxygen atoms in total. The number of carbonyl (C=O) groups excluding carboxylic acids is 6. The van der Waals surface area contributed by atoms with Crippen LogP contribution in [-0.4, -0.2) is 105 Å². The molecule has 0 radical (unpaired) electrons. The van der Waals surface area contributed by atoms with Gasteiger partial charge in [-0.3, -0.25) is 19.2 Å². The first-order valence-corrected chi connectivity index (χ1v) is 19.8. The average Bonchev–Trinajstić information content (AvgIpc) is 3.24. The van der Waals surface area contributed by atoms with Crippen LogP contribution in [0.2, 0.25) is 0 Å². The van der Waals surface area contributed by atoms with E-state index in [1.165, 1.54) is 26.0 Å². The van der Waals surface area contributed by atoms with Gasteiger partial charge in [-0.1, -0.05) is 73.3 Å². The maximum Gasteiger partial charge on any atom is 0.338 e. The average molecular weight is 838 g/mol. The Bertz CT molecular complexity index is 2280. The molecule has 2 saturated carbocycles. The molecular weight excluding hydrogens is 790 g/mol. The fourth-order valence-electron chi connectivity index (χ4n) is 9.44. The topological polar surface area (TPSA) is 221 Å².